The number of halogens is 3. The number of ether oxygens (including phenoxy) is 2. The fraction of sp³-hybridized carbons (Fsp3) is 0.200. The number of carbonyl (C=O) groups is 1. The second kappa shape index (κ2) is 6.12. The zero-order valence-corrected chi connectivity index (χ0v) is 13.1. The van der Waals surface area contributed by atoms with E-state index in [1.165, 1.54) is 24.4 Å². The van der Waals surface area contributed by atoms with Crippen LogP contribution in [0.2, 0.25) is 5.02 Å². The molecule has 1 amide bonds. The predicted molar refractivity (Wildman–Crippen MR) is 83.6 cm³/mol. The van der Waals surface area contributed by atoms with E-state index >= 15 is 0 Å². The fourth-order valence-corrected chi connectivity index (χ4v) is 2.15. The van der Waals surface area contributed by atoms with Crippen molar-refractivity contribution in [2.45, 2.75) is 19.3 Å². The number of nitrogens with one attached hydrogen (secondary N) is 2. The molecule has 0 fully saturated rings. The van der Waals surface area contributed by atoms with E-state index in [1.54, 1.807) is 19.1 Å². The lowest BCUT2D eigenvalue weighted by Crippen LogP contribution is -2.32. The lowest BCUT2D eigenvalue weighted by Gasteiger charge is -2.15. The SMILES string of the molecule is CC(Nc1ccc2c(c1)OC(F)(F)O2)C(=O)Nc1ccc(Cl)cn1. The van der Waals surface area contributed by atoms with E-state index < -0.39 is 12.3 Å². The van der Waals surface area contributed by atoms with E-state index in [1.807, 2.05) is 0 Å². The highest BCUT2D eigenvalue weighted by molar-refractivity contribution is 6.30. The van der Waals surface area contributed by atoms with Crippen LogP contribution < -0.4 is 20.1 Å². The van der Waals surface area contributed by atoms with E-state index in [-0.39, 0.29) is 17.4 Å². The van der Waals surface area contributed by atoms with E-state index in [9.17, 15) is 13.6 Å². The Labute approximate surface area is 140 Å². The van der Waals surface area contributed by atoms with Crippen LogP contribution in [-0.2, 0) is 4.79 Å². The van der Waals surface area contributed by atoms with Crippen LogP contribution in [0, 0.1) is 0 Å². The molecule has 6 nitrogen and oxygen atoms in total. The molecule has 0 saturated heterocycles. The van der Waals surface area contributed by atoms with Crippen LogP contribution in [-0.4, -0.2) is 23.2 Å². The average molecular weight is 356 g/mol. The number of carbonyl (C=O) groups excluding carboxylic acids is 1. The first-order chi connectivity index (χ1) is 11.3. The number of aromatic nitrogens is 1. The van der Waals surface area contributed by atoms with E-state index in [0.717, 1.165) is 0 Å². The molecular weight excluding hydrogens is 344 g/mol. The number of nitrogens with zero attached hydrogens (tertiary/aromatic N) is 1. The smallest absolute Gasteiger partial charge is 0.395 e. The molecule has 24 heavy (non-hydrogen) atoms. The Morgan fingerprint density at radius 2 is 2.00 bits per heavy atom. The van der Waals surface area contributed by atoms with E-state index in [2.05, 4.69) is 25.1 Å². The minimum Gasteiger partial charge on any atom is -0.395 e. The van der Waals surface area contributed by atoms with Crippen LogP contribution >= 0.6 is 11.6 Å². The maximum Gasteiger partial charge on any atom is 0.586 e. The third-order valence-corrected chi connectivity index (χ3v) is 3.38. The molecular formula is C15H12ClF2N3O3. The first-order valence-electron chi connectivity index (χ1n) is 6.91. The van der Waals surface area contributed by atoms with Crippen molar-refractivity contribution in [3.05, 3.63) is 41.6 Å². The lowest BCUT2D eigenvalue weighted by atomic mass is 10.2. The van der Waals surface area contributed by atoms with Gasteiger partial charge in [-0.05, 0) is 31.2 Å². The van der Waals surface area contributed by atoms with Crippen molar-refractivity contribution in [3.8, 4) is 11.5 Å². The van der Waals surface area contributed by atoms with Gasteiger partial charge in [0.25, 0.3) is 0 Å². The van der Waals surface area contributed by atoms with Crippen LogP contribution in [0.15, 0.2) is 36.5 Å². The molecule has 2 heterocycles. The second-order valence-electron chi connectivity index (χ2n) is 5.05. The van der Waals surface area contributed by atoms with Gasteiger partial charge in [-0.1, -0.05) is 11.6 Å². The number of fused-ring (bicyclic) bond motifs is 1. The molecule has 1 unspecified atom stereocenters. The highest BCUT2D eigenvalue weighted by Gasteiger charge is 2.43. The van der Waals surface area contributed by atoms with Crippen molar-refractivity contribution < 1.29 is 23.0 Å². The van der Waals surface area contributed by atoms with Crippen LogP contribution in [0.3, 0.4) is 0 Å². The van der Waals surface area contributed by atoms with Gasteiger partial charge in [-0.25, -0.2) is 4.98 Å². The minimum absolute atomic E-state index is 0.0620. The molecule has 3 rings (SSSR count). The number of amides is 1. The van der Waals surface area contributed by atoms with Gasteiger partial charge in [0, 0.05) is 18.0 Å². The summed E-state index contributed by atoms with van der Waals surface area (Å²) in [6.45, 7) is 1.62. The van der Waals surface area contributed by atoms with Gasteiger partial charge in [0.15, 0.2) is 11.5 Å². The summed E-state index contributed by atoms with van der Waals surface area (Å²) in [6, 6.07) is 6.69. The van der Waals surface area contributed by atoms with Crippen LogP contribution in [0.5, 0.6) is 11.5 Å². The van der Waals surface area contributed by atoms with Gasteiger partial charge < -0.3 is 20.1 Å². The molecule has 1 atom stereocenters. The number of hydrogen-bond acceptors (Lipinski definition) is 5. The zero-order chi connectivity index (χ0) is 17.3. The molecule has 0 spiro atoms. The van der Waals surface area contributed by atoms with E-state index in [4.69, 9.17) is 11.6 Å². The van der Waals surface area contributed by atoms with Gasteiger partial charge in [-0.15, -0.1) is 8.78 Å². The summed E-state index contributed by atoms with van der Waals surface area (Å²) in [4.78, 5) is 16.1. The van der Waals surface area contributed by atoms with Gasteiger partial charge in [-0.3, -0.25) is 4.79 Å². The van der Waals surface area contributed by atoms with Gasteiger partial charge in [0.05, 0.1) is 5.02 Å². The molecule has 126 valence electrons. The predicted octanol–water partition coefficient (Wildman–Crippen LogP) is 3.50. The van der Waals surface area contributed by atoms with Gasteiger partial charge >= 0.3 is 6.29 Å². The Morgan fingerprint density at radius 1 is 1.25 bits per heavy atom. The number of anilines is 2. The maximum atomic E-state index is 13.0. The molecule has 2 aromatic rings. The first kappa shape index (κ1) is 16.3. The minimum atomic E-state index is -3.68. The number of hydrogen-bond donors (Lipinski definition) is 2. The molecule has 1 aromatic heterocycles. The van der Waals surface area contributed by atoms with Crippen LogP contribution in [0.1, 0.15) is 6.92 Å². The molecule has 2 N–H and O–H groups in total. The van der Waals surface area contributed by atoms with E-state index in [0.29, 0.717) is 16.5 Å². The Balaban J connectivity index is 1.63. The topological polar surface area (TPSA) is 72.5 Å². The van der Waals surface area contributed by atoms with Crippen molar-refractivity contribution in [2.75, 3.05) is 10.6 Å². The molecule has 1 aromatic carbocycles. The Bertz CT molecular complexity index is 771. The Hall–Kier alpha value is -2.61. The summed E-state index contributed by atoms with van der Waals surface area (Å²) in [5, 5.41) is 5.95. The van der Waals surface area contributed by atoms with Gasteiger partial charge in [-0.2, -0.15) is 0 Å². The highest BCUT2D eigenvalue weighted by Crippen LogP contribution is 2.42. The molecule has 1 aliphatic heterocycles. The van der Waals surface area contributed by atoms with Crippen molar-refractivity contribution in [1.82, 2.24) is 4.98 Å². The monoisotopic (exact) mass is 355 g/mol. The summed E-state index contributed by atoms with van der Waals surface area (Å²) in [5.74, 6) is -0.166. The molecule has 0 saturated carbocycles. The molecule has 9 heteroatoms. The van der Waals surface area contributed by atoms with Crippen molar-refractivity contribution >= 4 is 29.0 Å². The number of alkyl halides is 2. The largest absolute Gasteiger partial charge is 0.586 e. The standard InChI is InChI=1S/C15H12ClF2N3O3/c1-8(14(22)21-13-5-2-9(16)7-19-13)20-10-3-4-11-12(6-10)24-15(17,18)23-11/h2-8,20H,1H3,(H,19,21,22). The summed E-state index contributed by atoms with van der Waals surface area (Å²) in [7, 11) is 0. The molecule has 0 radical (unpaired) electrons. The average Bonchev–Trinajstić information content (AvgIpc) is 2.82. The fourth-order valence-electron chi connectivity index (χ4n) is 2.04. The molecule has 0 bridgehead atoms. The third-order valence-electron chi connectivity index (χ3n) is 3.16. The number of pyridine rings is 1. The maximum absolute atomic E-state index is 13.0. The Kier molecular flexibility index (Phi) is 4.15. The molecule has 0 aliphatic carbocycles. The normalized spacial score (nSPS) is 15.7. The van der Waals surface area contributed by atoms with Crippen LogP contribution in [0.25, 0.3) is 0 Å². The van der Waals surface area contributed by atoms with Gasteiger partial charge in [0.2, 0.25) is 5.91 Å². The van der Waals surface area contributed by atoms with Crippen LogP contribution in [0.4, 0.5) is 20.3 Å². The second-order valence-corrected chi connectivity index (χ2v) is 5.48. The summed E-state index contributed by atoms with van der Waals surface area (Å²) < 4.78 is 34.6. The van der Waals surface area contributed by atoms with Crippen molar-refractivity contribution in [3.63, 3.8) is 0 Å². The van der Waals surface area contributed by atoms with Crippen molar-refractivity contribution in [2.24, 2.45) is 0 Å². The first-order valence-corrected chi connectivity index (χ1v) is 7.29. The summed E-state index contributed by atoms with van der Waals surface area (Å²) in [5.41, 5.74) is 0.432. The highest BCUT2D eigenvalue weighted by atomic mass is 35.5. The van der Waals surface area contributed by atoms with Gasteiger partial charge in [0.1, 0.15) is 11.9 Å². The van der Waals surface area contributed by atoms with Crippen molar-refractivity contribution in [1.29, 1.82) is 0 Å². The summed E-state index contributed by atoms with van der Waals surface area (Å²) >= 11 is 5.72. The third kappa shape index (κ3) is 3.65. The Morgan fingerprint density at radius 3 is 2.71 bits per heavy atom. The number of benzene rings is 1. The quantitative estimate of drug-likeness (QED) is 0.878. The lowest BCUT2D eigenvalue weighted by molar-refractivity contribution is -0.286. The molecule has 1 aliphatic rings. The zero-order valence-electron chi connectivity index (χ0n) is 12.3. The summed E-state index contributed by atoms with van der Waals surface area (Å²) in [6.07, 6.45) is -2.27. The number of rotatable bonds is 4.